The van der Waals surface area contributed by atoms with Crippen molar-refractivity contribution in [3.8, 4) is 0 Å². The molecule has 0 aliphatic carbocycles. The molecule has 3 heteroatoms. The van der Waals surface area contributed by atoms with Crippen molar-refractivity contribution in [2.45, 2.75) is 44.2 Å². The van der Waals surface area contributed by atoms with Crippen molar-refractivity contribution in [1.29, 1.82) is 0 Å². The largest absolute Gasteiger partial charge is 0.388 e. The average Bonchev–Trinajstić information content (AvgIpc) is 2.45. The summed E-state index contributed by atoms with van der Waals surface area (Å²) in [5, 5.41) is 14.0. The second-order valence-corrected chi connectivity index (χ2v) is 5.47. The fourth-order valence-corrected chi connectivity index (χ4v) is 2.60. The van der Waals surface area contributed by atoms with E-state index in [0.717, 1.165) is 25.7 Å². The lowest BCUT2D eigenvalue weighted by Gasteiger charge is -2.34. The van der Waals surface area contributed by atoms with Crippen LogP contribution in [-0.2, 0) is 4.74 Å². The second-order valence-electron chi connectivity index (χ2n) is 5.47. The molecule has 0 bridgehead atoms. The quantitative estimate of drug-likeness (QED) is 0.829. The van der Waals surface area contributed by atoms with Crippen LogP contribution in [0.25, 0.3) is 0 Å². The molecular formula is C16H25NO2. The lowest BCUT2D eigenvalue weighted by atomic mass is 9.93. The molecule has 2 N–H and O–H groups in total. The first kappa shape index (κ1) is 14.5. The van der Waals surface area contributed by atoms with Crippen LogP contribution in [0.5, 0.6) is 0 Å². The summed E-state index contributed by atoms with van der Waals surface area (Å²) in [5.41, 5.74) is 0.707. The van der Waals surface area contributed by atoms with Gasteiger partial charge in [0.15, 0.2) is 0 Å². The van der Waals surface area contributed by atoms with E-state index in [1.165, 1.54) is 5.56 Å². The van der Waals surface area contributed by atoms with Gasteiger partial charge in [0.2, 0.25) is 0 Å². The summed E-state index contributed by atoms with van der Waals surface area (Å²) in [6.07, 6.45) is 3.69. The first-order valence-electron chi connectivity index (χ1n) is 7.32. The zero-order valence-corrected chi connectivity index (χ0v) is 11.8. The van der Waals surface area contributed by atoms with Gasteiger partial charge in [-0.15, -0.1) is 0 Å². The number of benzene rings is 1. The fourth-order valence-electron chi connectivity index (χ4n) is 2.60. The molecule has 1 aliphatic rings. The van der Waals surface area contributed by atoms with Gasteiger partial charge in [-0.3, -0.25) is 0 Å². The van der Waals surface area contributed by atoms with Crippen LogP contribution in [0.1, 0.15) is 44.2 Å². The van der Waals surface area contributed by atoms with E-state index in [1.807, 2.05) is 6.07 Å². The molecule has 0 radical (unpaired) electrons. The maximum Gasteiger partial charge on any atom is 0.0815 e. The van der Waals surface area contributed by atoms with E-state index in [-0.39, 0.29) is 0 Å². The zero-order valence-electron chi connectivity index (χ0n) is 11.8. The molecule has 1 aromatic carbocycles. The summed E-state index contributed by atoms with van der Waals surface area (Å²) in [4.78, 5) is 0. The van der Waals surface area contributed by atoms with Gasteiger partial charge in [0.25, 0.3) is 0 Å². The minimum Gasteiger partial charge on any atom is -0.388 e. The Morgan fingerprint density at radius 1 is 1.26 bits per heavy atom. The van der Waals surface area contributed by atoms with Gasteiger partial charge in [0, 0.05) is 38.6 Å². The van der Waals surface area contributed by atoms with Gasteiger partial charge in [0.05, 0.1) is 5.60 Å². The van der Waals surface area contributed by atoms with E-state index in [4.69, 9.17) is 4.74 Å². The van der Waals surface area contributed by atoms with Crippen molar-refractivity contribution >= 4 is 0 Å². The predicted molar refractivity (Wildman–Crippen MR) is 77.1 cm³/mol. The van der Waals surface area contributed by atoms with Crippen LogP contribution in [0.2, 0.25) is 0 Å². The van der Waals surface area contributed by atoms with Crippen molar-refractivity contribution in [3.05, 3.63) is 35.9 Å². The molecule has 1 fully saturated rings. The summed E-state index contributed by atoms with van der Waals surface area (Å²) in [5.74, 6) is 0. The third-order valence-electron chi connectivity index (χ3n) is 3.88. The number of hydrogen-bond donors (Lipinski definition) is 2. The predicted octanol–water partition coefficient (Wildman–Crippen LogP) is 2.66. The molecule has 0 spiro atoms. The Bertz CT molecular complexity index is 360. The molecule has 19 heavy (non-hydrogen) atoms. The van der Waals surface area contributed by atoms with Crippen LogP contribution in [0.4, 0.5) is 0 Å². The van der Waals surface area contributed by atoms with Crippen molar-refractivity contribution in [3.63, 3.8) is 0 Å². The van der Waals surface area contributed by atoms with Crippen molar-refractivity contribution in [2.24, 2.45) is 0 Å². The van der Waals surface area contributed by atoms with Crippen LogP contribution in [0, 0.1) is 0 Å². The standard InChI is InChI=1S/C16H25NO2/c1-2-6-15(14-7-4-3-5-8-14)17-13-16(18)9-11-19-12-10-16/h3-5,7-8,15,17-18H,2,6,9-13H2,1H3. The molecule has 1 aliphatic heterocycles. The first-order chi connectivity index (χ1) is 9.23. The molecule has 1 saturated heterocycles. The summed E-state index contributed by atoms with van der Waals surface area (Å²) >= 11 is 0. The van der Waals surface area contributed by atoms with Gasteiger partial charge < -0.3 is 15.2 Å². The maximum atomic E-state index is 10.5. The van der Waals surface area contributed by atoms with Gasteiger partial charge in [-0.05, 0) is 12.0 Å². The van der Waals surface area contributed by atoms with Gasteiger partial charge in [-0.1, -0.05) is 43.7 Å². The van der Waals surface area contributed by atoms with Crippen molar-refractivity contribution in [1.82, 2.24) is 5.32 Å². The lowest BCUT2D eigenvalue weighted by Crippen LogP contribution is -2.45. The number of ether oxygens (including phenoxy) is 1. The monoisotopic (exact) mass is 263 g/mol. The molecule has 0 amide bonds. The maximum absolute atomic E-state index is 10.5. The van der Waals surface area contributed by atoms with E-state index in [2.05, 4.69) is 36.5 Å². The van der Waals surface area contributed by atoms with Gasteiger partial charge in [-0.2, -0.15) is 0 Å². The summed E-state index contributed by atoms with van der Waals surface area (Å²) in [7, 11) is 0. The Morgan fingerprint density at radius 2 is 1.95 bits per heavy atom. The molecular weight excluding hydrogens is 238 g/mol. The molecule has 3 nitrogen and oxygen atoms in total. The van der Waals surface area contributed by atoms with Gasteiger partial charge in [0.1, 0.15) is 0 Å². The number of rotatable bonds is 6. The molecule has 106 valence electrons. The molecule has 2 rings (SSSR count). The highest BCUT2D eigenvalue weighted by molar-refractivity contribution is 5.18. The Labute approximate surface area is 116 Å². The smallest absolute Gasteiger partial charge is 0.0815 e. The third-order valence-corrected chi connectivity index (χ3v) is 3.88. The average molecular weight is 263 g/mol. The van der Waals surface area contributed by atoms with Crippen LogP contribution in [-0.4, -0.2) is 30.5 Å². The minimum atomic E-state index is -0.598. The SMILES string of the molecule is CCCC(NCC1(O)CCOCC1)c1ccccc1. The second kappa shape index (κ2) is 7.04. The number of hydrogen-bond acceptors (Lipinski definition) is 3. The van der Waals surface area contributed by atoms with E-state index >= 15 is 0 Å². The van der Waals surface area contributed by atoms with Crippen molar-refractivity contribution < 1.29 is 9.84 Å². The molecule has 1 heterocycles. The molecule has 1 atom stereocenters. The highest BCUT2D eigenvalue weighted by Crippen LogP contribution is 2.23. The highest BCUT2D eigenvalue weighted by atomic mass is 16.5. The van der Waals surface area contributed by atoms with Crippen LogP contribution in [0.15, 0.2) is 30.3 Å². The van der Waals surface area contributed by atoms with E-state index in [0.29, 0.717) is 25.8 Å². The Hall–Kier alpha value is -0.900. The fraction of sp³-hybridized carbons (Fsp3) is 0.625. The molecule has 0 saturated carbocycles. The zero-order chi connectivity index (χ0) is 13.6. The molecule has 1 unspecified atom stereocenters. The third kappa shape index (κ3) is 4.30. The Balaban J connectivity index is 1.93. The Morgan fingerprint density at radius 3 is 2.58 bits per heavy atom. The Kier molecular flexibility index (Phi) is 5.37. The summed E-state index contributed by atoms with van der Waals surface area (Å²) in [6, 6.07) is 10.8. The first-order valence-corrected chi connectivity index (χ1v) is 7.32. The van der Waals surface area contributed by atoms with E-state index < -0.39 is 5.60 Å². The van der Waals surface area contributed by atoms with Gasteiger partial charge >= 0.3 is 0 Å². The summed E-state index contributed by atoms with van der Waals surface area (Å²) in [6.45, 7) is 4.18. The van der Waals surface area contributed by atoms with Crippen LogP contribution < -0.4 is 5.32 Å². The van der Waals surface area contributed by atoms with Gasteiger partial charge in [-0.25, -0.2) is 0 Å². The highest BCUT2D eigenvalue weighted by Gasteiger charge is 2.30. The van der Waals surface area contributed by atoms with E-state index in [1.54, 1.807) is 0 Å². The van der Waals surface area contributed by atoms with E-state index in [9.17, 15) is 5.11 Å². The minimum absolute atomic E-state index is 0.332. The molecule has 1 aromatic rings. The molecule has 0 aromatic heterocycles. The number of nitrogens with one attached hydrogen (secondary N) is 1. The topological polar surface area (TPSA) is 41.5 Å². The van der Waals surface area contributed by atoms with Crippen LogP contribution in [0.3, 0.4) is 0 Å². The van der Waals surface area contributed by atoms with Crippen LogP contribution >= 0.6 is 0 Å². The lowest BCUT2D eigenvalue weighted by molar-refractivity contribution is -0.0629. The van der Waals surface area contributed by atoms with Crippen molar-refractivity contribution in [2.75, 3.05) is 19.8 Å². The summed E-state index contributed by atoms with van der Waals surface area (Å²) < 4.78 is 5.32. The normalized spacial score (nSPS) is 20.1. The number of aliphatic hydroxyl groups is 1.